The molecule has 0 saturated carbocycles. The quantitative estimate of drug-likeness (QED) is 0.494. The minimum Gasteiger partial charge on any atom is -0.348 e. The topological polar surface area (TPSA) is 76.1 Å². The first-order valence-electron chi connectivity index (χ1n) is 9.15. The number of aromatic nitrogens is 1. The maximum absolute atomic E-state index is 12.7. The molecule has 150 valence electrons. The Kier molecular flexibility index (Phi) is 5.53. The average Bonchev–Trinajstić information content (AvgIpc) is 2.77. The van der Waals surface area contributed by atoms with Gasteiger partial charge in [0.05, 0.1) is 9.79 Å². The fourth-order valence-corrected chi connectivity index (χ4v) is 4.43. The van der Waals surface area contributed by atoms with Crippen molar-refractivity contribution in [3.8, 4) is 0 Å². The molecule has 5 nitrogen and oxygen atoms in total. The van der Waals surface area contributed by atoms with Gasteiger partial charge in [-0.2, -0.15) is 0 Å². The van der Waals surface area contributed by atoms with Crippen molar-refractivity contribution in [1.29, 1.82) is 0 Å². The Morgan fingerprint density at radius 1 is 0.867 bits per heavy atom. The highest BCUT2D eigenvalue weighted by Crippen LogP contribution is 2.23. The molecular formula is C23H17ClN2O3S. The minimum atomic E-state index is -3.62. The fourth-order valence-electron chi connectivity index (χ4n) is 3.05. The number of hydrogen-bond acceptors (Lipinski definition) is 4. The lowest BCUT2D eigenvalue weighted by molar-refractivity contribution is 0.0951. The molecule has 0 aliphatic carbocycles. The highest BCUT2D eigenvalue weighted by molar-refractivity contribution is 7.91. The molecule has 0 unspecified atom stereocenters. The Morgan fingerprint density at radius 2 is 1.53 bits per heavy atom. The number of rotatable bonds is 5. The lowest BCUT2D eigenvalue weighted by Gasteiger charge is -2.08. The second kappa shape index (κ2) is 8.26. The van der Waals surface area contributed by atoms with Gasteiger partial charge in [0.2, 0.25) is 9.84 Å². The van der Waals surface area contributed by atoms with E-state index in [1.165, 1.54) is 24.3 Å². The molecule has 0 aliphatic heterocycles. The van der Waals surface area contributed by atoms with E-state index in [4.69, 9.17) is 11.6 Å². The highest BCUT2D eigenvalue weighted by atomic mass is 35.5. The summed E-state index contributed by atoms with van der Waals surface area (Å²) in [5.74, 6) is -0.210. The van der Waals surface area contributed by atoms with E-state index >= 15 is 0 Å². The Bertz CT molecular complexity index is 1320. The van der Waals surface area contributed by atoms with Crippen LogP contribution in [-0.4, -0.2) is 19.3 Å². The first kappa shape index (κ1) is 20.1. The van der Waals surface area contributed by atoms with Gasteiger partial charge >= 0.3 is 0 Å². The standard InChI is InChI=1S/C23H17ClN2O3S/c24-20-5-9-22(10-6-20)30(28,29)21-7-1-16(2-8-21)14-26-23(27)18-4-3-17-11-12-25-15-19(17)13-18/h1-13,15H,14H2,(H,26,27). The second-order valence-electron chi connectivity index (χ2n) is 6.72. The number of benzene rings is 3. The van der Waals surface area contributed by atoms with Gasteiger partial charge in [-0.05, 0) is 65.5 Å². The summed E-state index contributed by atoms with van der Waals surface area (Å²) in [7, 11) is -3.62. The molecule has 4 rings (SSSR count). The van der Waals surface area contributed by atoms with Crippen molar-refractivity contribution in [2.75, 3.05) is 0 Å². The molecule has 0 atom stereocenters. The zero-order chi connectivity index (χ0) is 21.1. The summed E-state index contributed by atoms with van der Waals surface area (Å²) in [5.41, 5.74) is 1.33. The van der Waals surface area contributed by atoms with Crippen LogP contribution in [0.4, 0.5) is 0 Å². The Labute approximate surface area is 179 Å². The molecule has 0 spiro atoms. The van der Waals surface area contributed by atoms with E-state index in [0.29, 0.717) is 10.6 Å². The third kappa shape index (κ3) is 4.20. The number of fused-ring (bicyclic) bond motifs is 1. The van der Waals surface area contributed by atoms with Gasteiger partial charge in [0.15, 0.2) is 0 Å². The maximum atomic E-state index is 12.7. The molecule has 0 fully saturated rings. The van der Waals surface area contributed by atoms with Crippen LogP contribution in [0, 0.1) is 0 Å². The summed E-state index contributed by atoms with van der Waals surface area (Å²) in [5, 5.41) is 5.23. The van der Waals surface area contributed by atoms with Crippen molar-refractivity contribution >= 4 is 38.1 Å². The van der Waals surface area contributed by atoms with Gasteiger partial charge in [-0.25, -0.2) is 8.42 Å². The molecule has 0 bridgehead atoms. The van der Waals surface area contributed by atoms with Gasteiger partial charge < -0.3 is 5.32 Å². The molecule has 1 N–H and O–H groups in total. The van der Waals surface area contributed by atoms with Crippen molar-refractivity contribution in [2.24, 2.45) is 0 Å². The van der Waals surface area contributed by atoms with Crippen LogP contribution in [0.15, 0.2) is 95.0 Å². The van der Waals surface area contributed by atoms with Gasteiger partial charge in [-0.3, -0.25) is 9.78 Å². The van der Waals surface area contributed by atoms with Gasteiger partial charge in [-0.15, -0.1) is 0 Å². The fraction of sp³-hybridized carbons (Fsp3) is 0.0435. The number of halogens is 1. The van der Waals surface area contributed by atoms with Crippen LogP contribution < -0.4 is 5.32 Å². The maximum Gasteiger partial charge on any atom is 0.251 e. The molecule has 4 aromatic rings. The van der Waals surface area contributed by atoms with Crippen LogP contribution in [0.2, 0.25) is 5.02 Å². The number of amides is 1. The van der Waals surface area contributed by atoms with Crippen LogP contribution >= 0.6 is 11.6 Å². The summed E-state index contributed by atoms with van der Waals surface area (Å²) in [6.07, 6.45) is 3.42. The highest BCUT2D eigenvalue weighted by Gasteiger charge is 2.17. The van der Waals surface area contributed by atoms with E-state index < -0.39 is 9.84 Å². The normalized spacial score (nSPS) is 11.4. The smallest absolute Gasteiger partial charge is 0.251 e. The lowest BCUT2D eigenvalue weighted by Crippen LogP contribution is -2.22. The van der Waals surface area contributed by atoms with E-state index in [1.807, 2.05) is 12.1 Å². The summed E-state index contributed by atoms with van der Waals surface area (Å²) >= 11 is 5.83. The molecule has 7 heteroatoms. The van der Waals surface area contributed by atoms with Crippen LogP contribution in [0.25, 0.3) is 10.8 Å². The molecule has 30 heavy (non-hydrogen) atoms. The Hall–Kier alpha value is -3.22. The molecule has 1 amide bonds. The summed E-state index contributed by atoms with van der Waals surface area (Å²) in [4.78, 5) is 16.9. The first-order valence-corrected chi connectivity index (χ1v) is 11.0. The van der Waals surface area contributed by atoms with Gasteiger partial charge in [-0.1, -0.05) is 29.8 Å². The van der Waals surface area contributed by atoms with Crippen LogP contribution in [0.1, 0.15) is 15.9 Å². The van der Waals surface area contributed by atoms with Gasteiger partial charge in [0, 0.05) is 34.9 Å². The van der Waals surface area contributed by atoms with E-state index in [-0.39, 0.29) is 22.2 Å². The third-order valence-corrected chi connectivity index (χ3v) is 6.75. The van der Waals surface area contributed by atoms with Crippen molar-refractivity contribution in [3.05, 3.63) is 101 Å². The SMILES string of the molecule is O=C(NCc1ccc(S(=O)(=O)c2ccc(Cl)cc2)cc1)c1ccc2ccncc2c1. The molecule has 0 radical (unpaired) electrons. The van der Waals surface area contributed by atoms with Crippen LogP contribution in [0.3, 0.4) is 0 Å². The Balaban J connectivity index is 1.45. The predicted octanol–water partition coefficient (Wildman–Crippen LogP) is 4.65. The molecule has 3 aromatic carbocycles. The zero-order valence-electron chi connectivity index (χ0n) is 15.7. The minimum absolute atomic E-state index is 0.179. The number of nitrogens with one attached hydrogen (secondary N) is 1. The molecule has 1 aromatic heterocycles. The number of hydrogen-bond donors (Lipinski definition) is 1. The van der Waals surface area contributed by atoms with Gasteiger partial charge in [0.1, 0.15) is 0 Å². The molecule has 1 heterocycles. The zero-order valence-corrected chi connectivity index (χ0v) is 17.3. The first-order chi connectivity index (χ1) is 14.4. The van der Waals surface area contributed by atoms with Crippen molar-refractivity contribution < 1.29 is 13.2 Å². The molecule has 0 saturated heterocycles. The van der Waals surface area contributed by atoms with Crippen molar-refractivity contribution in [3.63, 3.8) is 0 Å². The number of pyridine rings is 1. The van der Waals surface area contributed by atoms with E-state index in [2.05, 4.69) is 10.3 Å². The van der Waals surface area contributed by atoms with Crippen molar-refractivity contribution in [1.82, 2.24) is 10.3 Å². The number of carbonyl (C=O) groups excluding carboxylic acids is 1. The van der Waals surface area contributed by atoms with Gasteiger partial charge in [0.25, 0.3) is 5.91 Å². The van der Waals surface area contributed by atoms with Crippen LogP contribution in [0.5, 0.6) is 0 Å². The predicted molar refractivity (Wildman–Crippen MR) is 116 cm³/mol. The number of carbonyl (C=O) groups is 1. The van der Waals surface area contributed by atoms with Crippen LogP contribution in [-0.2, 0) is 16.4 Å². The monoisotopic (exact) mass is 436 g/mol. The lowest BCUT2D eigenvalue weighted by atomic mass is 10.1. The van der Waals surface area contributed by atoms with E-state index in [9.17, 15) is 13.2 Å². The van der Waals surface area contributed by atoms with E-state index in [0.717, 1.165) is 16.3 Å². The molecule has 0 aliphatic rings. The summed E-state index contributed by atoms with van der Waals surface area (Å²) in [6, 6.07) is 19.8. The molecular weight excluding hydrogens is 420 g/mol. The number of nitrogens with zero attached hydrogens (tertiary/aromatic N) is 1. The average molecular weight is 437 g/mol. The second-order valence-corrected chi connectivity index (χ2v) is 9.11. The summed E-state index contributed by atoms with van der Waals surface area (Å²) < 4.78 is 25.4. The number of sulfone groups is 1. The van der Waals surface area contributed by atoms with E-state index in [1.54, 1.807) is 48.8 Å². The summed E-state index contributed by atoms with van der Waals surface area (Å²) in [6.45, 7) is 0.283. The Morgan fingerprint density at radius 3 is 2.23 bits per heavy atom. The largest absolute Gasteiger partial charge is 0.348 e. The third-order valence-electron chi connectivity index (χ3n) is 4.71. The van der Waals surface area contributed by atoms with Crippen molar-refractivity contribution in [2.45, 2.75) is 16.3 Å².